The molecule has 0 unspecified atom stereocenters. The van der Waals surface area contributed by atoms with Gasteiger partial charge in [-0.05, 0) is 18.9 Å². The van der Waals surface area contributed by atoms with Gasteiger partial charge < -0.3 is 10.4 Å². The van der Waals surface area contributed by atoms with Crippen LogP contribution in [0.1, 0.15) is 36.0 Å². The number of hydrogen-bond donors (Lipinski definition) is 2. The largest absolute Gasteiger partial charge is 0.391 e. The highest BCUT2D eigenvalue weighted by Crippen LogP contribution is 2.21. The van der Waals surface area contributed by atoms with Crippen LogP contribution in [-0.2, 0) is 0 Å². The standard InChI is InChI=1S/C12H14Cl2N2O2/c13-8-6-15-11(14)5-7(8)12(18)16-9-3-1-2-4-10(9)17/h5-6,9-10,17H,1-4H2,(H,16,18)/t9-,10-/m1/s1. The van der Waals surface area contributed by atoms with Gasteiger partial charge in [0, 0.05) is 6.20 Å². The van der Waals surface area contributed by atoms with Crippen LogP contribution in [0, 0.1) is 0 Å². The lowest BCUT2D eigenvalue weighted by Gasteiger charge is -2.28. The molecule has 1 aromatic heterocycles. The van der Waals surface area contributed by atoms with Gasteiger partial charge in [0.15, 0.2) is 0 Å². The van der Waals surface area contributed by atoms with E-state index in [1.54, 1.807) is 0 Å². The molecule has 4 nitrogen and oxygen atoms in total. The number of rotatable bonds is 2. The van der Waals surface area contributed by atoms with E-state index in [2.05, 4.69) is 10.3 Å². The second kappa shape index (κ2) is 5.87. The van der Waals surface area contributed by atoms with Crippen LogP contribution in [0.5, 0.6) is 0 Å². The van der Waals surface area contributed by atoms with Gasteiger partial charge in [-0.15, -0.1) is 0 Å². The molecular formula is C12H14Cl2N2O2. The number of carbonyl (C=O) groups is 1. The third-order valence-corrected chi connectivity index (χ3v) is 3.62. The second-order valence-electron chi connectivity index (χ2n) is 4.42. The molecule has 1 saturated carbocycles. The maximum Gasteiger partial charge on any atom is 0.253 e. The first-order chi connectivity index (χ1) is 8.58. The van der Waals surface area contributed by atoms with E-state index in [-0.39, 0.29) is 27.7 Å². The van der Waals surface area contributed by atoms with E-state index in [4.69, 9.17) is 23.2 Å². The van der Waals surface area contributed by atoms with Gasteiger partial charge in [0.1, 0.15) is 5.15 Å². The van der Waals surface area contributed by atoms with E-state index in [0.717, 1.165) is 25.7 Å². The maximum absolute atomic E-state index is 12.0. The molecule has 2 N–H and O–H groups in total. The van der Waals surface area contributed by atoms with E-state index in [9.17, 15) is 9.90 Å². The predicted molar refractivity (Wildman–Crippen MR) is 70.0 cm³/mol. The highest BCUT2D eigenvalue weighted by molar-refractivity contribution is 6.35. The molecular weight excluding hydrogens is 275 g/mol. The number of aliphatic hydroxyl groups is 1. The van der Waals surface area contributed by atoms with Gasteiger partial charge in [-0.1, -0.05) is 36.0 Å². The van der Waals surface area contributed by atoms with Crippen molar-refractivity contribution in [1.29, 1.82) is 0 Å². The molecule has 98 valence electrons. The molecule has 0 radical (unpaired) electrons. The van der Waals surface area contributed by atoms with Crippen molar-refractivity contribution in [2.45, 2.75) is 37.8 Å². The Balaban J connectivity index is 2.09. The summed E-state index contributed by atoms with van der Waals surface area (Å²) < 4.78 is 0. The number of amides is 1. The Kier molecular flexibility index (Phi) is 4.43. The van der Waals surface area contributed by atoms with Crippen molar-refractivity contribution >= 4 is 29.1 Å². The first-order valence-corrected chi connectivity index (χ1v) is 6.63. The molecule has 0 aliphatic heterocycles. The minimum absolute atomic E-state index is 0.214. The molecule has 1 heterocycles. The van der Waals surface area contributed by atoms with E-state index in [1.165, 1.54) is 12.3 Å². The van der Waals surface area contributed by atoms with Gasteiger partial charge in [0.2, 0.25) is 0 Å². The normalized spacial score (nSPS) is 23.7. The minimum Gasteiger partial charge on any atom is -0.391 e. The van der Waals surface area contributed by atoms with E-state index < -0.39 is 6.10 Å². The number of nitrogens with one attached hydrogen (secondary N) is 1. The molecule has 0 bridgehead atoms. The third kappa shape index (κ3) is 3.13. The van der Waals surface area contributed by atoms with Crippen molar-refractivity contribution in [3.05, 3.63) is 28.0 Å². The average Bonchev–Trinajstić information content (AvgIpc) is 2.35. The third-order valence-electron chi connectivity index (χ3n) is 3.11. The zero-order valence-electron chi connectivity index (χ0n) is 9.70. The van der Waals surface area contributed by atoms with Crippen LogP contribution in [0.15, 0.2) is 12.3 Å². The SMILES string of the molecule is O=C(N[C@@H]1CCCC[C@H]1O)c1cc(Cl)ncc1Cl. The summed E-state index contributed by atoms with van der Waals surface area (Å²) in [5, 5.41) is 13.1. The zero-order valence-corrected chi connectivity index (χ0v) is 11.2. The maximum atomic E-state index is 12.0. The molecule has 18 heavy (non-hydrogen) atoms. The number of pyridine rings is 1. The second-order valence-corrected chi connectivity index (χ2v) is 5.21. The Morgan fingerprint density at radius 2 is 2.11 bits per heavy atom. The van der Waals surface area contributed by atoms with Crippen molar-refractivity contribution in [2.75, 3.05) is 0 Å². The van der Waals surface area contributed by atoms with E-state index in [0.29, 0.717) is 0 Å². The summed E-state index contributed by atoms with van der Waals surface area (Å²) in [6.45, 7) is 0. The monoisotopic (exact) mass is 288 g/mol. The average molecular weight is 289 g/mol. The van der Waals surface area contributed by atoms with Gasteiger partial charge >= 0.3 is 0 Å². The van der Waals surface area contributed by atoms with Crippen LogP contribution < -0.4 is 5.32 Å². The molecule has 2 atom stereocenters. The minimum atomic E-state index is -0.487. The fourth-order valence-electron chi connectivity index (χ4n) is 2.11. The molecule has 6 heteroatoms. The summed E-state index contributed by atoms with van der Waals surface area (Å²) in [5.41, 5.74) is 0.287. The van der Waals surface area contributed by atoms with Crippen LogP contribution in [0.2, 0.25) is 10.2 Å². The molecule has 2 rings (SSSR count). The number of aliphatic hydroxyl groups excluding tert-OH is 1. The van der Waals surface area contributed by atoms with Crippen molar-refractivity contribution in [3.8, 4) is 0 Å². The van der Waals surface area contributed by atoms with Gasteiger partial charge in [0.05, 0.1) is 22.7 Å². The molecule has 0 spiro atoms. The molecule has 1 aliphatic rings. The highest BCUT2D eigenvalue weighted by Gasteiger charge is 2.25. The Labute approximate surface area is 115 Å². The molecule has 0 aromatic carbocycles. The molecule has 1 fully saturated rings. The smallest absolute Gasteiger partial charge is 0.253 e. The van der Waals surface area contributed by atoms with Gasteiger partial charge in [-0.2, -0.15) is 0 Å². The Morgan fingerprint density at radius 3 is 2.83 bits per heavy atom. The van der Waals surface area contributed by atoms with E-state index >= 15 is 0 Å². The van der Waals surface area contributed by atoms with Gasteiger partial charge in [-0.25, -0.2) is 4.98 Å². The quantitative estimate of drug-likeness (QED) is 0.822. The summed E-state index contributed by atoms with van der Waals surface area (Å²) in [6, 6.07) is 1.21. The molecule has 1 aliphatic carbocycles. The van der Waals surface area contributed by atoms with Crippen molar-refractivity contribution in [3.63, 3.8) is 0 Å². The van der Waals surface area contributed by atoms with Crippen molar-refractivity contribution in [1.82, 2.24) is 10.3 Å². The Bertz CT molecular complexity index is 454. The first kappa shape index (κ1) is 13.6. The highest BCUT2D eigenvalue weighted by atomic mass is 35.5. The van der Waals surface area contributed by atoms with Crippen LogP contribution >= 0.6 is 23.2 Å². The van der Waals surface area contributed by atoms with Crippen molar-refractivity contribution < 1.29 is 9.90 Å². The van der Waals surface area contributed by atoms with Gasteiger partial charge in [-0.3, -0.25) is 4.79 Å². The number of nitrogens with zero attached hydrogens (tertiary/aromatic N) is 1. The molecule has 1 aromatic rings. The Hall–Kier alpha value is -0.840. The van der Waals surface area contributed by atoms with Crippen LogP contribution in [0.25, 0.3) is 0 Å². The summed E-state index contributed by atoms with van der Waals surface area (Å²) in [6.07, 6.45) is 4.36. The lowest BCUT2D eigenvalue weighted by molar-refractivity contribution is 0.0717. The number of hydrogen-bond acceptors (Lipinski definition) is 3. The van der Waals surface area contributed by atoms with Crippen LogP contribution in [-0.4, -0.2) is 28.1 Å². The summed E-state index contributed by atoms with van der Waals surface area (Å²) in [5.74, 6) is -0.324. The molecule has 1 amide bonds. The predicted octanol–water partition coefficient (Wildman–Crippen LogP) is 2.42. The van der Waals surface area contributed by atoms with Crippen molar-refractivity contribution in [2.24, 2.45) is 0 Å². The lowest BCUT2D eigenvalue weighted by atomic mass is 9.92. The van der Waals surface area contributed by atoms with Crippen LogP contribution in [0.3, 0.4) is 0 Å². The van der Waals surface area contributed by atoms with Gasteiger partial charge in [0.25, 0.3) is 5.91 Å². The molecule has 0 saturated heterocycles. The fourth-order valence-corrected chi connectivity index (χ4v) is 2.46. The number of carbonyl (C=O) groups excluding carboxylic acids is 1. The van der Waals surface area contributed by atoms with E-state index in [1.807, 2.05) is 0 Å². The summed E-state index contributed by atoms with van der Waals surface area (Å²) in [7, 11) is 0. The summed E-state index contributed by atoms with van der Waals surface area (Å²) in [4.78, 5) is 15.8. The Morgan fingerprint density at radius 1 is 1.39 bits per heavy atom. The zero-order chi connectivity index (χ0) is 13.1. The topological polar surface area (TPSA) is 62.2 Å². The lowest BCUT2D eigenvalue weighted by Crippen LogP contribution is -2.45. The summed E-state index contributed by atoms with van der Waals surface area (Å²) >= 11 is 11.6. The van der Waals surface area contributed by atoms with Crippen LogP contribution in [0.4, 0.5) is 0 Å². The number of halogens is 2. The fraction of sp³-hybridized carbons (Fsp3) is 0.500. The number of aromatic nitrogens is 1. The first-order valence-electron chi connectivity index (χ1n) is 5.88.